The van der Waals surface area contributed by atoms with E-state index >= 15 is 0 Å². The van der Waals surface area contributed by atoms with E-state index in [0.717, 1.165) is 0 Å². The summed E-state index contributed by atoms with van der Waals surface area (Å²) in [7, 11) is 0. The Hall–Kier alpha value is -2.23. The summed E-state index contributed by atoms with van der Waals surface area (Å²) in [5.74, 6) is -0.0351. The summed E-state index contributed by atoms with van der Waals surface area (Å²) in [5, 5.41) is 11.9. The molecule has 1 aliphatic heterocycles. The van der Waals surface area contributed by atoms with Crippen molar-refractivity contribution in [2.24, 2.45) is 5.92 Å². The van der Waals surface area contributed by atoms with Crippen LogP contribution in [0.5, 0.6) is 0 Å². The van der Waals surface area contributed by atoms with Crippen LogP contribution in [0.3, 0.4) is 0 Å². The summed E-state index contributed by atoms with van der Waals surface area (Å²) in [5.41, 5.74) is -0.433. The molecular formula is C17H28N4O3. The zero-order chi connectivity index (χ0) is 18.3. The maximum absolute atomic E-state index is 12.0. The van der Waals surface area contributed by atoms with Crippen molar-refractivity contribution in [2.45, 2.75) is 40.2 Å². The highest BCUT2D eigenvalue weighted by Gasteiger charge is 2.25. The first kappa shape index (κ1) is 19.8. The Balaban J connectivity index is 2.55. The maximum Gasteiger partial charge on any atom is 0.410 e. The number of hydrogen-bond acceptors (Lipinski definition) is 5. The zero-order valence-corrected chi connectivity index (χ0v) is 15.3. The Morgan fingerprint density at radius 3 is 2.29 bits per heavy atom. The van der Waals surface area contributed by atoms with Crippen LogP contribution < -0.4 is 5.32 Å². The first-order chi connectivity index (χ1) is 11.1. The Bertz CT molecular complexity index is 521. The fourth-order valence-corrected chi connectivity index (χ4v) is 2.07. The lowest BCUT2D eigenvalue weighted by Gasteiger charge is -2.35. The van der Waals surface area contributed by atoms with E-state index in [2.05, 4.69) is 5.32 Å². The molecule has 0 aromatic heterocycles. The van der Waals surface area contributed by atoms with E-state index in [1.54, 1.807) is 11.1 Å². The monoisotopic (exact) mass is 336 g/mol. The van der Waals surface area contributed by atoms with Crippen molar-refractivity contribution in [2.75, 3.05) is 32.7 Å². The number of nitrogens with one attached hydrogen (secondary N) is 1. The summed E-state index contributed by atoms with van der Waals surface area (Å²) >= 11 is 0. The number of carbonyl (C=O) groups excluding carboxylic acids is 2. The van der Waals surface area contributed by atoms with Crippen LogP contribution in [0.1, 0.15) is 34.6 Å². The number of amides is 2. The fraction of sp³-hybridized carbons (Fsp3) is 0.706. The maximum atomic E-state index is 12.0. The molecule has 0 bridgehead atoms. The molecule has 0 aromatic rings. The average Bonchev–Trinajstić information content (AvgIpc) is 2.49. The average molecular weight is 336 g/mol. The van der Waals surface area contributed by atoms with Crippen molar-refractivity contribution in [1.82, 2.24) is 15.1 Å². The van der Waals surface area contributed by atoms with Gasteiger partial charge in [-0.05, 0) is 26.7 Å². The minimum Gasteiger partial charge on any atom is -0.444 e. The van der Waals surface area contributed by atoms with Gasteiger partial charge in [-0.3, -0.25) is 4.79 Å². The second-order valence-electron chi connectivity index (χ2n) is 7.26. The highest BCUT2D eigenvalue weighted by molar-refractivity contribution is 5.97. The molecule has 0 atom stereocenters. The van der Waals surface area contributed by atoms with E-state index in [-0.39, 0.29) is 17.6 Å². The summed E-state index contributed by atoms with van der Waals surface area (Å²) in [6.45, 7) is 12.1. The van der Waals surface area contributed by atoms with Crippen LogP contribution in [-0.4, -0.2) is 60.1 Å². The number of ether oxygens (including phenoxy) is 1. The van der Waals surface area contributed by atoms with Gasteiger partial charge < -0.3 is 19.9 Å². The molecule has 0 spiro atoms. The molecule has 1 aliphatic rings. The van der Waals surface area contributed by atoms with Gasteiger partial charge in [-0.2, -0.15) is 5.26 Å². The third-order valence-electron chi connectivity index (χ3n) is 3.31. The molecule has 1 rings (SSSR count). The molecule has 24 heavy (non-hydrogen) atoms. The lowest BCUT2D eigenvalue weighted by atomic mass is 10.2. The van der Waals surface area contributed by atoms with Crippen LogP contribution in [0.25, 0.3) is 0 Å². The Morgan fingerprint density at radius 2 is 1.83 bits per heavy atom. The van der Waals surface area contributed by atoms with Gasteiger partial charge in [-0.1, -0.05) is 13.8 Å². The van der Waals surface area contributed by atoms with Crippen LogP contribution in [-0.2, 0) is 9.53 Å². The lowest BCUT2D eigenvalue weighted by Crippen LogP contribution is -2.48. The quantitative estimate of drug-likeness (QED) is 0.624. The van der Waals surface area contributed by atoms with Crippen molar-refractivity contribution >= 4 is 12.0 Å². The van der Waals surface area contributed by atoms with E-state index in [4.69, 9.17) is 10.00 Å². The predicted octanol–water partition coefficient (Wildman–Crippen LogP) is 1.72. The number of carbonyl (C=O) groups is 2. The Labute approximate surface area is 144 Å². The SMILES string of the molecule is CC(C)CNC(=O)/C(C#N)=C\N1CCN(C(=O)OC(C)(C)C)CC1. The molecule has 0 saturated carbocycles. The molecule has 7 heteroatoms. The predicted molar refractivity (Wildman–Crippen MR) is 90.9 cm³/mol. The van der Waals surface area contributed by atoms with E-state index in [0.29, 0.717) is 38.6 Å². The molecule has 0 radical (unpaired) electrons. The molecule has 0 aliphatic carbocycles. The lowest BCUT2D eigenvalue weighted by molar-refractivity contribution is -0.117. The third kappa shape index (κ3) is 6.90. The molecule has 2 amide bonds. The number of nitriles is 1. The Kier molecular flexibility index (Phi) is 7.08. The molecule has 0 aromatic carbocycles. The van der Waals surface area contributed by atoms with Gasteiger partial charge in [-0.25, -0.2) is 4.79 Å². The molecule has 1 heterocycles. The van der Waals surface area contributed by atoms with Gasteiger partial charge in [0.25, 0.3) is 5.91 Å². The van der Waals surface area contributed by atoms with E-state index in [1.165, 1.54) is 0 Å². The smallest absolute Gasteiger partial charge is 0.410 e. The van der Waals surface area contributed by atoms with Gasteiger partial charge in [0.2, 0.25) is 0 Å². The van der Waals surface area contributed by atoms with E-state index in [9.17, 15) is 9.59 Å². The van der Waals surface area contributed by atoms with Gasteiger partial charge >= 0.3 is 6.09 Å². The number of nitrogens with zero attached hydrogens (tertiary/aromatic N) is 3. The molecule has 1 saturated heterocycles. The van der Waals surface area contributed by atoms with E-state index in [1.807, 2.05) is 45.6 Å². The summed E-state index contributed by atoms with van der Waals surface area (Å²) in [4.78, 5) is 27.5. The van der Waals surface area contributed by atoms with Crippen molar-refractivity contribution < 1.29 is 14.3 Å². The highest BCUT2D eigenvalue weighted by atomic mass is 16.6. The second kappa shape index (κ2) is 8.57. The van der Waals surface area contributed by atoms with Crippen molar-refractivity contribution in [3.63, 3.8) is 0 Å². The van der Waals surface area contributed by atoms with E-state index < -0.39 is 5.60 Å². The zero-order valence-electron chi connectivity index (χ0n) is 15.3. The fourth-order valence-electron chi connectivity index (χ4n) is 2.07. The summed E-state index contributed by atoms with van der Waals surface area (Å²) in [6.07, 6.45) is 1.24. The molecule has 0 unspecified atom stereocenters. The van der Waals surface area contributed by atoms with Crippen LogP contribution >= 0.6 is 0 Å². The first-order valence-corrected chi connectivity index (χ1v) is 8.24. The molecule has 7 nitrogen and oxygen atoms in total. The third-order valence-corrected chi connectivity index (χ3v) is 3.31. The van der Waals surface area contributed by atoms with Gasteiger partial charge in [0.15, 0.2) is 0 Å². The summed E-state index contributed by atoms with van der Waals surface area (Å²) in [6, 6.07) is 1.94. The molecule has 134 valence electrons. The summed E-state index contributed by atoms with van der Waals surface area (Å²) < 4.78 is 5.34. The van der Waals surface area contributed by atoms with Crippen molar-refractivity contribution in [3.05, 3.63) is 11.8 Å². The minimum absolute atomic E-state index is 0.0846. The number of piperazine rings is 1. The van der Waals surface area contributed by atoms with Crippen LogP contribution in [0, 0.1) is 17.2 Å². The normalized spacial score (nSPS) is 16.0. The number of hydrogen-bond donors (Lipinski definition) is 1. The van der Waals surface area contributed by atoms with Crippen LogP contribution in [0.15, 0.2) is 11.8 Å². The first-order valence-electron chi connectivity index (χ1n) is 8.24. The van der Waals surface area contributed by atoms with Crippen molar-refractivity contribution in [1.29, 1.82) is 5.26 Å². The molecule has 1 fully saturated rings. The largest absolute Gasteiger partial charge is 0.444 e. The van der Waals surface area contributed by atoms with Gasteiger partial charge in [0.1, 0.15) is 17.2 Å². The van der Waals surface area contributed by atoms with Gasteiger partial charge in [0.05, 0.1) is 0 Å². The van der Waals surface area contributed by atoms with Gasteiger partial charge in [0, 0.05) is 38.9 Å². The van der Waals surface area contributed by atoms with Crippen LogP contribution in [0.4, 0.5) is 4.79 Å². The van der Waals surface area contributed by atoms with Crippen molar-refractivity contribution in [3.8, 4) is 6.07 Å². The van der Waals surface area contributed by atoms with Crippen LogP contribution in [0.2, 0.25) is 0 Å². The Morgan fingerprint density at radius 1 is 1.25 bits per heavy atom. The molecular weight excluding hydrogens is 308 g/mol. The van der Waals surface area contributed by atoms with Gasteiger partial charge in [-0.15, -0.1) is 0 Å². The topological polar surface area (TPSA) is 85.7 Å². The standard InChI is InChI=1S/C17H28N4O3/c1-13(2)11-19-15(22)14(10-18)12-20-6-8-21(9-7-20)16(23)24-17(3,4)5/h12-13H,6-9,11H2,1-5H3,(H,19,22)/b14-12-. The highest BCUT2D eigenvalue weighted by Crippen LogP contribution is 2.12. The molecule has 1 N–H and O–H groups in total. The second-order valence-corrected chi connectivity index (χ2v) is 7.26. The number of rotatable bonds is 4. The minimum atomic E-state index is -0.517.